The van der Waals surface area contributed by atoms with Crippen molar-refractivity contribution in [2.75, 3.05) is 48.2 Å². The zero-order valence-electron chi connectivity index (χ0n) is 15.4. The van der Waals surface area contributed by atoms with E-state index in [2.05, 4.69) is 25.9 Å². The third kappa shape index (κ3) is 3.70. The van der Waals surface area contributed by atoms with Crippen molar-refractivity contribution in [1.29, 1.82) is 0 Å². The van der Waals surface area contributed by atoms with E-state index < -0.39 is 24.5 Å². The maximum absolute atomic E-state index is 11.4. The molecule has 0 bridgehead atoms. The first-order valence-corrected chi connectivity index (χ1v) is 10.1. The zero-order valence-corrected chi connectivity index (χ0v) is 16.2. The highest BCUT2D eigenvalue weighted by molar-refractivity contribution is 8.13. The third-order valence-electron chi connectivity index (χ3n) is 5.02. The maximum atomic E-state index is 11.4. The molecule has 11 nitrogen and oxygen atoms in total. The highest BCUT2D eigenvalue weighted by Crippen LogP contribution is 2.39. The van der Waals surface area contributed by atoms with Gasteiger partial charge in [0.25, 0.3) is 5.24 Å². The van der Waals surface area contributed by atoms with Crippen LogP contribution in [0.4, 0.5) is 22.1 Å². The number of aromatic nitrogens is 2. The van der Waals surface area contributed by atoms with Gasteiger partial charge in [0.05, 0.1) is 25.4 Å². The first-order valence-electron chi connectivity index (χ1n) is 9.14. The molecule has 5 N–H and O–H groups in total. The Labute approximate surface area is 166 Å². The van der Waals surface area contributed by atoms with E-state index in [0.29, 0.717) is 24.9 Å². The van der Waals surface area contributed by atoms with Gasteiger partial charge in [-0.3, -0.25) is 4.79 Å². The van der Waals surface area contributed by atoms with Gasteiger partial charge in [0.2, 0.25) is 0 Å². The van der Waals surface area contributed by atoms with Crippen LogP contribution in [0.5, 0.6) is 0 Å². The SMILES string of the molecule is CNC(=O)SC[C@H]1OC(N2CNc3c(N[C@@H]4CCOC4)ncnc32)[C@H](O)[C@@H]1O. The maximum Gasteiger partial charge on any atom is 0.278 e. The average molecular weight is 412 g/mol. The summed E-state index contributed by atoms with van der Waals surface area (Å²) in [5, 5.41) is 29.7. The van der Waals surface area contributed by atoms with Crippen molar-refractivity contribution in [3.8, 4) is 0 Å². The molecule has 1 aromatic heterocycles. The molecule has 1 unspecified atom stereocenters. The van der Waals surface area contributed by atoms with Gasteiger partial charge < -0.3 is 40.5 Å². The summed E-state index contributed by atoms with van der Waals surface area (Å²) in [5.74, 6) is 1.50. The van der Waals surface area contributed by atoms with Crippen LogP contribution in [0.3, 0.4) is 0 Å². The number of carbonyl (C=O) groups is 1. The predicted molar refractivity (Wildman–Crippen MR) is 103 cm³/mol. The van der Waals surface area contributed by atoms with Gasteiger partial charge >= 0.3 is 0 Å². The Morgan fingerprint density at radius 3 is 3.04 bits per heavy atom. The summed E-state index contributed by atoms with van der Waals surface area (Å²) >= 11 is 1.00. The Morgan fingerprint density at radius 1 is 1.43 bits per heavy atom. The monoisotopic (exact) mass is 412 g/mol. The van der Waals surface area contributed by atoms with Crippen molar-refractivity contribution < 1.29 is 24.5 Å². The van der Waals surface area contributed by atoms with Crippen molar-refractivity contribution in [1.82, 2.24) is 15.3 Å². The Bertz CT molecular complexity index is 721. The molecular formula is C16H24N6O5S. The van der Waals surface area contributed by atoms with Crippen LogP contribution in [0.25, 0.3) is 0 Å². The van der Waals surface area contributed by atoms with E-state index in [-0.39, 0.29) is 17.0 Å². The zero-order chi connectivity index (χ0) is 19.7. The fraction of sp³-hybridized carbons (Fsp3) is 0.688. The molecule has 0 radical (unpaired) electrons. The van der Waals surface area contributed by atoms with Gasteiger partial charge in [-0.25, -0.2) is 9.97 Å². The lowest BCUT2D eigenvalue weighted by Gasteiger charge is -2.26. The number of aliphatic hydroxyl groups is 2. The van der Waals surface area contributed by atoms with Crippen molar-refractivity contribution >= 4 is 34.3 Å². The van der Waals surface area contributed by atoms with Gasteiger partial charge in [0.15, 0.2) is 17.9 Å². The van der Waals surface area contributed by atoms with E-state index in [4.69, 9.17) is 9.47 Å². The van der Waals surface area contributed by atoms with E-state index in [1.54, 1.807) is 4.90 Å². The second-order valence-corrected chi connectivity index (χ2v) is 7.82. The first kappa shape index (κ1) is 19.5. The Morgan fingerprint density at radius 2 is 2.29 bits per heavy atom. The summed E-state index contributed by atoms with van der Waals surface area (Å²) in [4.78, 5) is 21.8. The normalized spacial score (nSPS) is 31.5. The number of ether oxygens (including phenoxy) is 2. The van der Waals surface area contributed by atoms with E-state index >= 15 is 0 Å². The summed E-state index contributed by atoms with van der Waals surface area (Å²) < 4.78 is 11.3. The van der Waals surface area contributed by atoms with E-state index in [1.165, 1.54) is 13.4 Å². The van der Waals surface area contributed by atoms with E-state index in [0.717, 1.165) is 30.5 Å². The lowest BCUT2D eigenvalue weighted by atomic mass is 10.1. The van der Waals surface area contributed by atoms with Crippen LogP contribution in [0.1, 0.15) is 6.42 Å². The van der Waals surface area contributed by atoms with Gasteiger partial charge in [-0.2, -0.15) is 0 Å². The standard InChI is InChI=1S/C16H24N6O5S/c1-17-16(25)28-5-9-11(23)12(24)15(27-9)22-7-20-10-13(18-6-19-14(10)22)21-8-2-3-26-4-8/h6,8-9,11-12,15,20,23-24H,2-5,7H2,1H3,(H,17,25)(H,18,19,21)/t8-,9-,11-,12-,15?/m1/s1. The van der Waals surface area contributed by atoms with E-state index in [1.807, 2.05) is 0 Å². The lowest BCUT2D eigenvalue weighted by Crippen LogP contribution is -2.44. The van der Waals surface area contributed by atoms with Crippen molar-refractivity contribution in [3.05, 3.63) is 6.33 Å². The molecule has 2 saturated heterocycles. The van der Waals surface area contributed by atoms with Gasteiger partial charge in [-0.15, -0.1) is 0 Å². The molecule has 0 aliphatic carbocycles. The number of nitrogens with zero attached hydrogens (tertiary/aromatic N) is 3. The smallest absolute Gasteiger partial charge is 0.278 e. The third-order valence-corrected chi connectivity index (χ3v) is 5.98. The summed E-state index contributed by atoms with van der Waals surface area (Å²) in [6.07, 6.45) is -1.31. The number of amides is 1. The van der Waals surface area contributed by atoms with Crippen LogP contribution in [0.2, 0.25) is 0 Å². The average Bonchev–Trinajstić information content (AvgIpc) is 3.42. The minimum Gasteiger partial charge on any atom is -0.387 e. The van der Waals surface area contributed by atoms with Gasteiger partial charge in [-0.05, 0) is 6.42 Å². The summed E-state index contributed by atoms with van der Waals surface area (Å²) in [7, 11) is 1.54. The fourth-order valence-electron chi connectivity index (χ4n) is 3.51. The molecular weight excluding hydrogens is 388 g/mol. The van der Waals surface area contributed by atoms with Gasteiger partial charge in [0, 0.05) is 19.4 Å². The molecule has 3 aliphatic rings. The molecule has 0 saturated carbocycles. The quantitative estimate of drug-likeness (QED) is 0.423. The topological polar surface area (TPSA) is 141 Å². The summed E-state index contributed by atoms with van der Waals surface area (Å²) in [6, 6.07) is 0.191. The van der Waals surface area contributed by atoms with Gasteiger partial charge in [-0.1, -0.05) is 11.8 Å². The molecule has 0 spiro atoms. The molecule has 1 amide bonds. The molecule has 4 heterocycles. The molecule has 12 heteroatoms. The van der Waals surface area contributed by atoms with Crippen molar-refractivity contribution in [2.45, 2.75) is 37.0 Å². The summed E-state index contributed by atoms with van der Waals surface area (Å²) in [5.41, 5.74) is 0.725. The number of anilines is 3. The first-order chi connectivity index (χ1) is 13.6. The van der Waals surface area contributed by atoms with Crippen LogP contribution < -0.4 is 20.9 Å². The fourth-order valence-corrected chi connectivity index (χ4v) is 4.25. The van der Waals surface area contributed by atoms with Crippen LogP contribution >= 0.6 is 11.8 Å². The number of carbonyl (C=O) groups excluding carboxylic acids is 1. The van der Waals surface area contributed by atoms with E-state index in [9.17, 15) is 15.0 Å². The van der Waals surface area contributed by atoms with Gasteiger partial charge in [0.1, 0.15) is 24.2 Å². The molecule has 0 aromatic carbocycles. The molecule has 1 aromatic rings. The molecule has 28 heavy (non-hydrogen) atoms. The second kappa shape index (κ2) is 8.25. The second-order valence-electron chi connectivity index (χ2n) is 6.83. The number of thioether (sulfide) groups is 1. The molecule has 2 fully saturated rings. The highest BCUT2D eigenvalue weighted by Gasteiger charge is 2.47. The predicted octanol–water partition coefficient (Wildman–Crippen LogP) is -0.614. The number of aliphatic hydroxyl groups excluding tert-OH is 2. The van der Waals surface area contributed by atoms with Crippen molar-refractivity contribution in [2.24, 2.45) is 0 Å². The number of hydrogen-bond donors (Lipinski definition) is 5. The van der Waals surface area contributed by atoms with Crippen LogP contribution in [0, 0.1) is 0 Å². The number of fused-ring (bicyclic) bond motifs is 1. The highest BCUT2D eigenvalue weighted by atomic mass is 32.2. The van der Waals surface area contributed by atoms with Crippen molar-refractivity contribution in [3.63, 3.8) is 0 Å². The summed E-state index contributed by atoms with van der Waals surface area (Å²) in [6.45, 7) is 1.71. The minimum absolute atomic E-state index is 0.191. The van der Waals surface area contributed by atoms with Crippen LogP contribution in [0.15, 0.2) is 6.33 Å². The number of nitrogens with one attached hydrogen (secondary N) is 3. The molecule has 154 valence electrons. The Hall–Kier alpha value is -1.86. The molecule has 3 aliphatic heterocycles. The Balaban J connectivity index is 1.47. The number of hydrogen-bond acceptors (Lipinski definition) is 11. The minimum atomic E-state index is -1.13. The number of rotatable bonds is 5. The van der Waals surface area contributed by atoms with Crippen LogP contribution in [-0.2, 0) is 9.47 Å². The molecule has 4 rings (SSSR count). The Kier molecular flexibility index (Phi) is 5.73. The lowest BCUT2D eigenvalue weighted by molar-refractivity contribution is 0.0171. The van der Waals surface area contributed by atoms with Crippen LogP contribution in [-0.4, -0.2) is 88.7 Å². The largest absolute Gasteiger partial charge is 0.387 e. The molecule has 5 atom stereocenters.